The number of benzene rings is 1. The molecule has 0 saturated carbocycles. The summed E-state index contributed by atoms with van der Waals surface area (Å²) in [5.41, 5.74) is 0.333. The molecule has 0 saturated heterocycles. The smallest absolute Gasteiger partial charge is 0.274 e. The van der Waals surface area contributed by atoms with Crippen LogP contribution >= 0.6 is 34.5 Å². The number of rotatable bonds is 1. The summed E-state index contributed by atoms with van der Waals surface area (Å²) in [5.74, 6) is -0.212. The van der Waals surface area contributed by atoms with Gasteiger partial charge in [0.1, 0.15) is 0 Å². The fourth-order valence-corrected chi connectivity index (χ4v) is 3.65. The van der Waals surface area contributed by atoms with E-state index in [0.717, 1.165) is 4.57 Å². The molecule has 0 N–H and O–H groups in total. The third-order valence-corrected chi connectivity index (χ3v) is 4.65. The summed E-state index contributed by atoms with van der Waals surface area (Å²) < 4.78 is 1.57. The van der Waals surface area contributed by atoms with Crippen LogP contribution in [-0.4, -0.2) is 16.5 Å². The van der Waals surface area contributed by atoms with Crippen molar-refractivity contribution in [1.82, 2.24) is 4.57 Å². The minimum absolute atomic E-state index is 0.0949. The van der Waals surface area contributed by atoms with Gasteiger partial charge in [0, 0.05) is 16.5 Å². The first-order chi connectivity index (χ1) is 9.95. The molecule has 108 valence electrons. The maximum absolute atomic E-state index is 12.3. The van der Waals surface area contributed by atoms with Crippen LogP contribution in [0.15, 0.2) is 28.0 Å². The second-order valence-electron chi connectivity index (χ2n) is 4.78. The number of aromatic nitrogens is 1. The molecule has 0 amide bonds. The molecule has 0 aliphatic carbocycles. The van der Waals surface area contributed by atoms with Gasteiger partial charge in [0.25, 0.3) is 5.56 Å². The molecule has 0 spiro atoms. The van der Waals surface area contributed by atoms with E-state index in [2.05, 4.69) is 4.99 Å². The van der Waals surface area contributed by atoms with Gasteiger partial charge in [-0.3, -0.25) is 14.6 Å². The van der Waals surface area contributed by atoms with E-state index in [1.165, 1.54) is 11.3 Å². The maximum Gasteiger partial charge on any atom is 0.277 e. The third kappa shape index (κ3) is 2.69. The number of carbonyl (C=O) groups is 1. The molecule has 1 aliphatic heterocycles. The normalized spacial score (nSPS) is 18.5. The van der Waals surface area contributed by atoms with Crippen LogP contribution in [-0.2, 0) is 0 Å². The second-order valence-corrected chi connectivity index (χ2v) is 6.63. The molecule has 21 heavy (non-hydrogen) atoms. The maximum atomic E-state index is 12.3. The standard InChI is InChI=1S/C14H10Cl2N2O2S/c1-7-4-12(19)18-13(20)11(21-14(18)17-7)5-8-2-3-9(15)6-10(8)16/h2-3,5-7H,4H2,1H3. The Hall–Kier alpha value is -1.43. The Morgan fingerprint density at radius 2 is 2.14 bits per heavy atom. The lowest BCUT2D eigenvalue weighted by Gasteiger charge is -2.09. The zero-order valence-corrected chi connectivity index (χ0v) is 13.3. The average molecular weight is 341 g/mol. The number of hydrogen-bond donors (Lipinski definition) is 0. The minimum Gasteiger partial charge on any atom is -0.274 e. The molecular formula is C14H10Cl2N2O2S. The highest BCUT2D eigenvalue weighted by Crippen LogP contribution is 2.21. The van der Waals surface area contributed by atoms with Crippen LogP contribution in [0.1, 0.15) is 23.7 Å². The molecule has 0 bridgehead atoms. The molecule has 1 atom stereocenters. The average Bonchev–Trinajstić information content (AvgIpc) is 2.69. The lowest BCUT2D eigenvalue weighted by atomic mass is 10.2. The molecule has 1 aliphatic rings. The number of thiazole rings is 1. The second kappa shape index (κ2) is 5.40. The van der Waals surface area contributed by atoms with E-state index < -0.39 is 0 Å². The van der Waals surface area contributed by atoms with E-state index in [1.54, 1.807) is 24.3 Å². The number of fused-ring (bicyclic) bond motifs is 1. The summed E-state index contributed by atoms with van der Waals surface area (Å²) in [7, 11) is 0. The Morgan fingerprint density at radius 3 is 2.86 bits per heavy atom. The van der Waals surface area contributed by atoms with Gasteiger partial charge < -0.3 is 0 Å². The Bertz CT molecular complexity index is 914. The van der Waals surface area contributed by atoms with Gasteiger partial charge in [-0.15, -0.1) is 0 Å². The van der Waals surface area contributed by atoms with E-state index in [-0.39, 0.29) is 23.9 Å². The molecule has 7 heteroatoms. The first kappa shape index (κ1) is 14.5. The van der Waals surface area contributed by atoms with Gasteiger partial charge in [0.2, 0.25) is 5.91 Å². The van der Waals surface area contributed by atoms with Crippen LogP contribution in [0, 0.1) is 0 Å². The molecule has 1 aromatic heterocycles. The molecular weight excluding hydrogens is 331 g/mol. The summed E-state index contributed by atoms with van der Waals surface area (Å²) in [6.45, 7) is 1.85. The van der Waals surface area contributed by atoms with Crippen LogP contribution < -0.4 is 14.9 Å². The predicted molar refractivity (Wildman–Crippen MR) is 84.1 cm³/mol. The van der Waals surface area contributed by atoms with Crippen molar-refractivity contribution in [3.63, 3.8) is 0 Å². The molecule has 0 radical (unpaired) electrons. The largest absolute Gasteiger partial charge is 0.277 e. The minimum atomic E-state index is -0.346. The zero-order valence-electron chi connectivity index (χ0n) is 11.0. The van der Waals surface area contributed by atoms with E-state index in [4.69, 9.17) is 23.2 Å². The number of carbonyl (C=O) groups excluding carboxylic acids is 1. The van der Waals surface area contributed by atoms with Gasteiger partial charge in [0.15, 0.2) is 4.80 Å². The van der Waals surface area contributed by atoms with E-state index in [1.807, 2.05) is 6.92 Å². The van der Waals surface area contributed by atoms with E-state index in [9.17, 15) is 9.59 Å². The number of halogens is 2. The summed E-state index contributed by atoms with van der Waals surface area (Å²) in [4.78, 5) is 29.0. The number of nitrogens with zero attached hydrogens (tertiary/aromatic N) is 2. The highest BCUT2D eigenvalue weighted by molar-refractivity contribution is 7.07. The van der Waals surface area contributed by atoms with Crippen molar-refractivity contribution in [2.24, 2.45) is 4.99 Å². The van der Waals surface area contributed by atoms with Crippen LogP contribution in [0.4, 0.5) is 0 Å². The van der Waals surface area contributed by atoms with Crippen molar-refractivity contribution in [1.29, 1.82) is 0 Å². The van der Waals surface area contributed by atoms with Crippen molar-refractivity contribution in [2.45, 2.75) is 19.4 Å². The van der Waals surface area contributed by atoms with Gasteiger partial charge in [-0.2, -0.15) is 0 Å². The predicted octanol–water partition coefficient (Wildman–Crippen LogP) is 2.10. The Labute approximate surface area is 134 Å². The van der Waals surface area contributed by atoms with E-state index >= 15 is 0 Å². The quantitative estimate of drug-likeness (QED) is 0.798. The molecule has 3 rings (SSSR count). The Kier molecular flexibility index (Phi) is 3.73. The van der Waals surface area contributed by atoms with Crippen molar-refractivity contribution in [2.75, 3.05) is 0 Å². The molecule has 2 aromatic rings. The summed E-state index contributed by atoms with van der Waals surface area (Å²) >= 11 is 13.1. The van der Waals surface area contributed by atoms with Crippen LogP contribution in [0.25, 0.3) is 6.08 Å². The van der Waals surface area contributed by atoms with Crippen LogP contribution in [0.3, 0.4) is 0 Å². The van der Waals surface area contributed by atoms with Crippen LogP contribution in [0.2, 0.25) is 10.0 Å². The highest BCUT2D eigenvalue weighted by Gasteiger charge is 2.20. The fraction of sp³-hybridized carbons (Fsp3) is 0.214. The van der Waals surface area contributed by atoms with E-state index in [0.29, 0.717) is 24.9 Å². The van der Waals surface area contributed by atoms with Gasteiger partial charge in [-0.1, -0.05) is 40.6 Å². The van der Waals surface area contributed by atoms with Crippen molar-refractivity contribution < 1.29 is 4.79 Å². The summed E-state index contributed by atoms with van der Waals surface area (Å²) in [6.07, 6.45) is 1.91. The van der Waals surface area contributed by atoms with Crippen molar-refractivity contribution >= 4 is 46.5 Å². The monoisotopic (exact) mass is 340 g/mol. The SMILES string of the molecule is CC1CC(=O)n2c(sc(=Cc3ccc(Cl)cc3Cl)c2=O)=N1. The number of hydrogen-bond acceptors (Lipinski definition) is 4. The third-order valence-electron chi connectivity index (χ3n) is 3.11. The Morgan fingerprint density at radius 1 is 1.38 bits per heavy atom. The Balaban J connectivity index is 2.24. The highest BCUT2D eigenvalue weighted by atomic mass is 35.5. The van der Waals surface area contributed by atoms with Crippen molar-refractivity contribution in [3.8, 4) is 0 Å². The molecule has 4 nitrogen and oxygen atoms in total. The molecule has 0 fully saturated rings. The van der Waals surface area contributed by atoms with Gasteiger partial charge in [-0.25, -0.2) is 4.57 Å². The van der Waals surface area contributed by atoms with Gasteiger partial charge in [-0.05, 0) is 30.7 Å². The first-order valence-corrected chi connectivity index (χ1v) is 7.82. The zero-order chi connectivity index (χ0) is 15.1. The van der Waals surface area contributed by atoms with Crippen LogP contribution in [0.5, 0.6) is 0 Å². The molecule has 1 unspecified atom stereocenters. The first-order valence-electron chi connectivity index (χ1n) is 6.25. The molecule has 1 aromatic carbocycles. The van der Waals surface area contributed by atoms with Gasteiger partial charge >= 0.3 is 0 Å². The summed E-state index contributed by atoms with van der Waals surface area (Å²) in [6, 6.07) is 4.94. The van der Waals surface area contributed by atoms with Crippen molar-refractivity contribution in [3.05, 3.63) is 53.5 Å². The topological polar surface area (TPSA) is 51.4 Å². The lowest BCUT2D eigenvalue weighted by molar-refractivity contribution is 0.0877. The molecule has 2 heterocycles. The fourth-order valence-electron chi connectivity index (χ4n) is 2.12. The summed E-state index contributed by atoms with van der Waals surface area (Å²) in [5, 5.41) is 0.980. The lowest BCUT2D eigenvalue weighted by Crippen LogP contribution is -2.40. The van der Waals surface area contributed by atoms with Gasteiger partial charge in [0.05, 0.1) is 10.6 Å².